The van der Waals surface area contributed by atoms with E-state index in [1.807, 2.05) is 5.32 Å². The Morgan fingerprint density at radius 3 is 2.30 bits per heavy atom. The number of aliphatic hydroxyl groups is 1. The Kier molecular flexibility index (Phi) is 5.03. The lowest BCUT2D eigenvalue weighted by Crippen LogP contribution is -2.30. The van der Waals surface area contributed by atoms with Crippen LogP contribution >= 0.6 is 0 Å². The third kappa shape index (κ3) is 3.44. The highest BCUT2D eigenvalue weighted by Gasteiger charge is 2.23. The van der Waals surface area contributed by atoms with E-state index in [4.69, 9.17) is 10.2 Å². The second kappa shape index (κ2) is 6.33. The molecule has 0 saturated carbocycles. The summed E-state index contributed by atoms with van der Waals surface area (Å²) in [6, 6.07) is 0.177. The molecule has 0 aliphatic heterocycles. The first kappa shape index (κ1) is 15.9. The number of amides is 1. The largest absolute Gasteiger partial charge is 0.479 e. The summed E-state index contributed by atoms with van der Waals surface area (Å²) in [5, 5.41) is 19.2. The highest BCUT2D eigenvalue weighted by molar-refractivity contribution is 5.94. The molecule has 0 aliphatic carbocycles. The molecule has 0 spiro atoms. The second-order valence-corrected chi connectivity index (χ2v) is 3.75. The van der Waals surface area contributed by atoms with Crippen molar-refractivity contribution >= 4 is 11.9 Å². The highest BCUT2D eigenvalue weighted by Crippen LogP contribution is 2.18. The van der Waals surface area contributed by atoms with E-state index in [2.05, 4.69) is 0 Å². The van der Waals surface area contributed by atoms with Crippen molar-refractivity contribution in [3.05, 3.63) is 34.9 Å². The van der Waals surface area contributed by atoms with Gasteiger partial charge in [0.25, 0.3) is 5.91 Å². The summed E-state index contributed by atoms with van der Waals surface area (Å²) in [6.07, 6.45) is -2.14. The maximum atomic E-state index is 13.2. The molecule has 5 nitrogen and oxygen atoms in total. The molecule has 9 heteroatoms. The summed E-state index contributed by atoms with van der Waals surface area (Å²) < 4.78 is 51.6. The van der Waals surface area contributed by atoms with Crippen LogP contribution in [0, 0.1) is 23.3 Å². The Morgan fingerprint density at radius 1 is 1.15 bits per heavy atom. The van der Waals surface area contributed by atoms with Crippen LogP contribution in [0.15, 0.2) is 6.07 Å². The lowest BCUT2D eigenvalue weighted by Gasteiger charge is -2.09. The number of aliphatic carboxylic acids is 1. The van der Waals surface area contributed by atoms with Crippen molar-refractivity contribution in [3.63, 3.8) is 0 Å². The molecule has 0 heterocycles. The number of aliphatic hydroxyl groups excluding tert-OH is 1. The summed E-state index contributed by atoms with van der Waals surface area (Å²) in [6.45, 7) is -0.383. The first-order valence-electron chi connectivity index (χ1n) is 5.27. The van der Waals surface area contributed by atoms with Crippen molar-refractivity contribution in [2.24, 2.45) is 0 Å². The lowest BCUT2D eigenvalue weighted by atomic mass is 10.1. The highest BCUT2D eigenvalue weighted by atomic mass is 19.2. The predicted octanol–water partition coefficient (Wildman–Crippen LogP) is 0.808. The summed E-state index contributed by atoms with van der Waals surface area (Å²) >= 11 is 0. The number of hydrogen-bond acceptors (Lipinski definition) is 3. The molecule has 1 unspecified atom stereocenters. The summed E-state index contributed by atoms with van der Waals surface area (Å²) in [7, 11) is 0. The Balaban J connectivity index is 2.76. The summed E-state index contributed by atoms with van der Waals surface area (Å²) in [4.78, 5) is 21.7. The molecule has 0 aliphatic rings. The van der Waals surface area contributed by atoms with Gasteiger partial charge < -0.3 is 15.5 Å². The normalized spacial score (nSPS) is 12.1. The Morgan fingerprint density at radius 2 is 1.75 bits per heavy atom. The van der Waals surface area contributed by atoms with Crippen LogP contribution < -0.4 is 5.32 Å². The average molecular weight is 295 g/mol. The molecule has 3 N–H and O–H groups in total. The van der Waals surface area contributed by atoms with E-state index in [1.165, 1.54) is 0 Å². The minimum Gasteiger partial charge on any atom is -0.479 e. The van der Waals surface area contributed by atoms with Crippen LogP contribution in [0.25, 0.3) is 0 Å². The Bertz CT molecular complexity index is 550. The second-order valence-electron chi connectivity index (χ2n) is 3.75. The number of hydrogen-bond donors (Lipinski definition) is 3. The van der Waals surface area contributed by atoms with Crippen LogP contribution in [0.1, 0.15) is 16.8 Å². The number of rotatable bonds is 5. The fourth-order valence-corrected chi connectivity index (χ4v) is 1.28. The number of carbonyl (C=O) groups is 2. The van der Waals surface area contributed by atoms with Crippen LogP contribution in [0.2, 0.25) is 0 Å². The standard InChI is InChI=1S/C11H9F4NO4/c12-5-3-4(7(13)9(15)8(5)14)10(18)16-2-1-6(17)11(19)20/h3,6,17H,1-2H2,(H,16,18)(H,19,20). The topological polar surface area (TPSA) is 86.6 Å². The van der Waals surface area contributed by atoms with Crippen molar-refractivity contribution in [3.8, 4) is 0 Å². The molecule has 1 atom stereocenters. The molecule has 20 heavy (non-hydrogen) atoms. The lowest BCUT2D eigenvalue weighted by molar-refractivity contribution is -0.146. The van der Waals surface area contributed by atoms with Crippen LogP contribution in [-0.2, 0) is 4.79 Å². The molecule has 1 aromatic rings. The molecule has 0 saturated heterocycles. The van der Waals surface area contributed by atoms with Crippen LogP contribution in [0.3, 0.4) is 0 Å². The zero-order valence-corrected chi connectivity index (χ0v) is 9.79. The van der Waals surface area contributed by atoms with Gasteiger partial charge in [-0.3, -0.25) is 4.79 Å². The van der Waals surface area contributed by atoms with Crippen LogP contribution in [0.5, 0.6) is 0 Å². The smallest absolute Gasteiger partial charge is 0.332 e. The van der Waals surface area contributed by atoms with Gasteiger partial charge in [-0.15, -0.1) is 0 Å². The maximum Gasteiger partial charge on any atom is 0.332 e. The van der Waals surface area contributed by atoms with Gasteiger partial charge in [-0.1, -0.05) is 0 Å². The Hall–Kier alpha value is -2.16. The zero-order chi connectivity index (χ0) is 15.4. The van der Waals surface area contributed by atoms with Crippen molar-refractivity contribution in [2.45, 2.75) is 12.5 Å². The number of carboxylic acids is 1. The first-order valence-corrected chi connectivity index (χ1v) is 5.27. The van der Waals surface area contributed by atoms with E-state index in [-0.39, 0.29) is 12.6 Å². The van der Waals surface area contributed by atoms with E-state index < -0.39 is 53.2 Å². The Labute approximate surface area is 109 Å². The average Bonchev–Trinajstić information content (AvgIpc) is 2.39. The van der Waals surface area contributed by atoms with E-state index in [9.17, 15) is 27.2 Å². The van der Waals surface area contributed by atoms with Gasteiger partial charge in [-0.25, -0.2) is 22.4 Å². The van der Waals surface area contributed by atoms with Crippen molar-refractivity contribution < 1.29 is 37.4 Å². The molecule has 0 radical (unpaired) electrons. The fourth-order valence-electron chi connectivity index (χ4n) is 1.28. The van der Waals surface area contributed by atoms with Gasteiger partial charge in [0.2, 0.25) is 0 Å². The fraction of sp³-hybridized carbons (Fsp3) is 0.273. The quantitative estimate of drug-likeness (QED) is 0.426. The molecule has 0 bridgehead atoms. The van der Waals surface area contributed by atoms with E-state index in [1.54, 1.807) is 0 Å². The van der Waals surface area contributed by atoms with E-state index in [0.717, 1.165) is 0 Å². The van der Waals surface area contributed by atoms with Crippen molar-refractivity contribution in [1.82, 2.24) is 5.32 Å². The maximum absolute atomic E-state index is 13.2. The van der Waals surface area contributed by atoms with Gasteiger partial charge >= 0.3 is 5.97 Å². The number of carboxylic acid groups (broad SMARTS) is 1. The molecule has 1 rings (SSSR count). The van der Waals surface area contributed by atoms with E-state index >= 15 is 0 Å². The summed E-state index contributed by atoms with van der Waals surface area (Å²) in [5.74, 6) is -10.6. The van der Waals surface area contributed by atoms with Gasteiger partial charge in [-0.2, -0.15) is 0 Å². The third-order valence-electron chi connectivity index (χ3n) is 2.34. The number of benzene rings is 1. The first-order chi connectivity index (χ1) is 9.25. The van der Waals surface area contributed by atoms with Gasteiger partial charge in [0.05, 0.1) is 5.56 Å². The monoisotopic (exact) mass is 295 g/mol. The van der Waals surface area contributed by atoms with E-state index in [0.29, 0.717) is 0 Å². The molecule has 110 valence electrons. The van der Waals surface area contributed by atoms with Gasteiger partial charge in [0.15, 0.2) is 29.4 Å². The molecule has 0 fully saturated rings. The van der Waals surface area contributed by atoms with Gasteiger partial charge in [0.1, 0.15) is 0 Å². The van der Waals surface area contributed by atoms with Crippen LogP contribution in [-0.4, -0.2) is 34.7 Å². The predicted molar refractivity (Wildman–Crippen MR) is 56.9 cm³/mol. The minimum atomic E-state index is -2.12. The molecular formula is C11H9F4NO4. The zero-order valence-electron chi connectivity index (χ0n) is 9.79. The SMILES string of the molecule is O=C(NCCC(O)C(=O)O)c1cc(F)c(F)c(F)c1F. The van der Waals surface area contributed by atoms with Crippen molar-refractivity contribution in [1.29, 1.82) is 0 Å². The third-order valence-corrected chi connectivity index (χ3v) is 2.34. The molecule has 1 amide bonds. The summed E-state index contributed by atoms with van der Waals surface area (Å²) in [5.41, 5.74) is -1.06. The van der Waals surface area contributed by atoms with Gasteiger partial charge in [0, 0.05) is 13.0 Å². The molecular weight excluding hydrogens is 286 g/mol. The number of carbonyl (C=O) groups excluding carboxylic acids is 1. The molecule has 0 aromatic heterocycles. The number of halogens is 4. The van der Waals surface area contributed by atoms with Crippen LogP contribution in [0.4, 0.5) is 17.6 Å². The molecule has 1 aromatic carbocycles. The van der Waals surface area contributed by atoms with Crippen molar-refractivity contribution in [2.75, 3.05) is 6.54 Å². The minimum absolute atomic E-state index is 0.177. The number of nitrogens with one attached hydrogen (secondary N) is 1. The van der Waals surface area contributed by atoms with Gasteiger partial charge in [-0.05, 0) is 6.07 Å².